The van der Waals surface area contributed by atoms with Crippen molar-refractivity contribution in [2.45, 2.75) is 51.9 Å². The molecule has 0 amide bonds. The Morgan fingerprint density at radius 2 is 1.60 bits per heavy atom. The lowest BCUT2D eigenvalue weighted by molar-refractivity contribution is 0.0735. The summed E-state index contributed by atoms with van der Waals surface area (Å²) in [6.07, 6.45) is 12.1. The van der Waals surface area contributed by atoms with Crippen molar-refractivity contribution >= 4 is 29.2 Å². The number of carbonyl (C=O) groups excluding carboxylic acids is 2. The third kappa shape index (κ3) is 8.14. The van der Waals surface area contributed by atoms with Crippen LogP contribution in [0.2, 0.25) is 0 Å². The monoisotopic (exact) mass is 470 g/mol. The molecule has 35 heavy (non-hydrogen) atoms. The third-order valence-corrected chi connectivity index (χ3v) is 5.85. The number of rotatable bonds is 12. The number of carbonyl (C=O) groups is 2. The van der Waals surface area contributed by atoms with Gasteiger partial charge in [0.1, 0.15) is 5.75 Å². The van der Waals surface area contributed by atoms with Gasteiger partial charge in [-0.3, -0.25) is 4.79 Å². The van der Waals surface area contributed by atoms with Gasteiger partial charge < -0.3 is 16.2 Å². The highest BCUT2D eigenvalue weighted by Gasteiger charge is 2.13. The van der Waals surface area contributed by atoms with Crippen molar-refractivity contribution in [3.8, 4) is 5.75 Å². The van der Waals surface area contributed by atoms with E-state index in [0.29, 0.717) is 11.3 Å². The van der Waals surface area contributed by atoms with Crippen molar-refractivity contribution in [2.75, 3.05) is 11.5 Å². The van der Waals surface area contributed by atoms with Gasteiger partial charge in [-0.1, -0.05) is 81.5 Å². The molecule has 0 aliphatic heterocycles. The predicted molar refractivity (Wildman–Crippen MR) is 144 cm³/mol. The molecule has 5 heteroatoms. The molecule has 0 atom stereocenters. The van der Waals surface area contributed by atoms with Crippen molar-refractivity contribution < 1.29 is 14.3 Å². The molecule has 5 nitrogen and oxygen atoms in total. The number of nitrogen functional groups attached to an aromatic ring is 2. The molecule has 0 heterocycles. The predicted octanol–water partition coefficient (Wildman–Crippen LogP) is 6.87. The van der Waals surface area contributed by atoms with Crippen molar-refractivity contribution in [1.29, 1.82) is 0 Å². The normalized spacial score (nSPS) is 11.0. The summed E-state index contributed by atoms with van der Waals surface area (Å²) in [5, 5.41) is 0. The zero-order valence-corrected chi connectivity index (χ0v) is 20.3. The van der Waals surface area contributed by atoms with Crippen LogP contribution < -0.4 is 16.2 Å². The van der Waals surface area contributed by atoms with Crippen LogP contribution in [0.3, 0.4) is 0 Å². The molecule has 4 N–H and O–H groups in total. The van der Waals surface area contributed by atoms with Crippen molar-refractivity contribution in [2.24, 2.45) is 0 Å². The molecule has 0 aromatic heterocycles. The minimum absolute atomic E-state index is 0.175. The lowest BCUT2D eigenvalue weighted by Gasteiger charge is -2.08. The SMILES string of the molecule is CCCCCCCCc1ccc(C=CC(=O)c2cccc(OC(=O)c3ccc(N)cc3N)c2)cc1. The maximum absolute atomic E-state index is 12.7. The number of nitrogens with two attached hydrogens (primary N) is 2. The maximum atomic E-state index is 12.7. The second kappa shape index (κ2) is 13.1. The summed E-state index contributed by atoms with van der Waals surface area (Å²) >= 11 is 0. The molecule has 3 rings (SSSR count). The van der Waals surface area contributed by atoms with Gasteiger partial charge in [-0.15, -0.1) is 0 Å². The van der Waals surface area contributed by atoms with E-state index >= 15 is 0 Å². The molecular formula is C30H34N2O3. The molecule has 0 radical (unpaired) electrons. The van der Waals surface area contributed by atoms with E-state index in [4.69, 9.17) is 16.2 Å². The van der Waals surface area contributed by atoms with Crippen LogP contribution in [0.25, 0.3) is 6.08 Å². The van der Waals surface area contributed by atoms with Crippen LogP contribution in [0, 0.1) is 0 Å². The second-order valence-electron chi connectivity index (χ2n) is 8.72. The third-order valence-electron chi connectivity index (χ3n) is 5.85. The summed E-state index contributed by atoms with van der Waals surface area (Å²) in [6, 6.07) is 19.4. The van der Waals surface area contributed by atoms with Gasteiger partial charge in [-0.25, -0.2) is 4.79 Å². The number of allylic oxidation sites excluding steroid dienone is 1. The molecule has 0 bridgehead atoms. The number of hydrogen-bond donors (Lipinski definition) is 2. The Balaban J connectivity index is 1.54. The van der Waals surface area contributed by atoms with Gasteiger partial charge in [0.2, 0.25) is 0 Å². The fourth-order valence-corrected chi connectivity index (χ4v) is 3.81. The molecule has 3 aromatic carbocycles. The molecule has 0 saturated carbocycles. The summed E-state index contributed by atoms with van der Waals surface area (Å²) in [5.74, 6) is -0.515. The van der Waals surface area contributed by atoms with Gasteiger partial charge in [0.25, 0.3) is 0 Å². The van der Waals surface area contributed by atoms with E-state index < -0.39 is 5.97 Å². The van der Waals surface area contributed by atoms with Gasteiger partial charge in [0.05, 0.1) is 5.56 Å². The van der Waals surface area contributed by atoms with Crippen molar-refractivity contribution in [3.63, 3.8) is 0 Å². The second-order valence-corrected chi connectivity index (χ2v) is 8.72. The standard InChI is InChI=1S/C30H34N2O3/c1-2-3-4-5-6-7-9-22-12-14-23(15-13-22)16-19-29(33)24-10-8-11-26(20-24)35-30(34)27-18-17-25(31)21-28(27)32/h8,10-21H,2-7,9,31-32H2,1H3. The van der Waals surface area contributed by atoms with E-state index in [1.807, 2.05) is 12.1 Å². The lowest BCUT2D eigenvalue weighted by Crippen LogP contribution is -2.11. The summed E-state index contributed by atoms with van der Waals surface area (Å²) in [6.45, 7) is 2.23. The molecule has 182 valence electrons. The molecule has 0 saturated heterocycles. The molecule has 0 fully saturated rings. The van der Waals surface area contributed by atoms with Crippen LogP contribution in [0.5, 0.6) is 5.75 Å². The molecule has 3 aromatic rings. The summed E-state index contributed by atoms with van der Waals surface area (Å²) in [4.78, 5) is 25.1. The maximum Gasteiger partial charge on any atom is 0.345 e. The van der Waals surface area contributed by atoms with E-state index in [-0.39, 0.29) is 22.8 Å². The Morgan fingerprint density at radius 1 is 0.857 bits per heavy atom. The van der Waals surface area contributed by atoms with E-state index in [0.717, 1.165) is 12.0 Å². The largest absolute Gasteiger partial charge is 0.423 e. The minimum atomic E-state index is -0.608. The molecule has 0 spiro atoms. The number of benzene rings is 3. The number of aryl methyl sites for hydroxylation is 1. The zero-order chi connectivity index (χ0) is 25.0. The average Bonchev–Trinajstić information content (AvgIpc) is 2.85. The van der Waals surface area contributed by atoms with Crippen LogP contribution in [0.1, 0.15) is 77.3 Å². The van der Waals surface area contributed by atoms with Gasteiger partial charge in [-0.2, -0.15) is 0 Å². The number of ether oxygens (including phenoxy) is 1. The first-order chi connectivity index (χ1) is 17.0. The molecule has 0 unspecified atom stereocenters. The quantitative estimate of drug-likeness (QED) is 0.0752. The number of anilines is 2. The van der Waals surface area contributed by atoms with Gasteiger partial charge >= 0.3 is 5.97 Å². The fourth-order valence-electron chi connectivity index (χ4n) is 3.81. The van der Waals surface area contributed by atoms with Crippen molar-refractivity contribution in [1.82, 2.24) is 0 Å². The van der Waals surface area contributed by atoms with Crippen LogP contribution in [-0.2, 0) is 6.42 Å². The average molecular weight is 471 g/mol. The first kappa shape index (κ1) is 25.8. The highest BCUT2D eigenvalue weighted by atomic mass is 16.5. The number of esters is 1. The molecular weight excluding hydrogens is 436 g/mol. The van der Waals surface area contributed by atoms with Crippen LogP contribution >= 0.6 is 0 Å². The summed E-state index contributed by atoms with van der Waals surface area (Å²) in [7, 11) is 0. The number of ketones is 1. The topological polar surface area (TPSA) is 95.4 Å². The summed E-state index contributed by atoms with van der Waals surface area (Å²) in [5.41, 5.74) is 15.2. The Bertz CT molecular complexity index is 1170. The van der Waals surface area contributed by atoms with Crippen molar-refractivity contribution in [3.05, 3.63) is 95.1 Å². The Hall–Kier alpha value is -3.86. The zero-order valence-electron chi connectivity index (χ0n) is 20.3. The first-order valence-corrected chi connectivity index (χ1v) is 12.2. The summed E-state index contributed by atoms with van der Waals surface area (Å²) < 4.78 is 5.41. The number of unbranched alkanes of at least 4 members (excludes halogenated alkanes) is 5. The van der Waals surface area contributed by atoms with Gasteiger partial charge in [-0.05, 0) is 60.4 Å². The minimum Gasteiger partial charge on any atom is -0.423 e. The van der Waals surface area contributed by atoms with E-state index in [2.05, 4.69) is 19.1 Å². The Morgan fingerprint density at radius 3 is 2.34 bits per heavy atom. The highest BCUT2D eigenvalue weighted by molar-refractivity contribution is 6.07. The number of hydrogen-bond acceptors (Lipinski definition) is 5. The van der Waals surface area contributed by atoms with E-state index in [1.54, 1.807) is 36.4 Å². The van der Waals surface area contributed by atoms with Gasteiger partial charge in [0.15, 0.2) is 5.78 Å². The Labute approximate surface area is 207 Å². The van der Waals surface area contributed by atoms with E-state index in [1.165, 1.54) is 62.3 Å². The van der Waals surface area contributed by atoms with Gasteiger partial charge in [0, 0.05) is 16.9 Å². The Kier molecular flexibility index (Phi) is 9.67. The van der Waals surface area contributed by atoms with E-state index in [9.17, 15) is 9.59 Å². The van der Waals surface area contributed by atoms with Crippen LogP contribution in [0.15, 0.2) is 72.8 Å². The smallest absolute Gasteiger partial charge is 0.345 e. The lowest BCUT2D eigenvalue weighted by atomic mass is 10.0. The highest BCUT2D eigenvalue weighted by Crippen LogP contribution is 2.20. The fraction of sp³-hybridized carbons (Fsp3) is 0.267. The van der Waals surface area contributed by atoms with Crippen LogP contribution in [-0.4, -0.2) is 11.8 Å². The van der Waals surface area contributed by atoms with Crippen LogP contribution in [0.4, 0.5) is 11.4 Å². The molecule has 0 aliphatic rings. The first-order valence-electron chi connectivity index (χ1n) is 12.2. The molecule has 0 aliphatic carbocycles.